The van der Waals surface area contributed by atoms with Gasteiger partial charge in [0.2, 0.25) is 5.95 Å². The van der Waals surface area contributed by atoms with Crippen LogP contribution in [-0.2, 0) is 0 Å². The highest BCUT2D eigenvalue weighted by molar-refractivity contribution is 9.10. The van der Waals surface area contributed by atoms with Gasteiger partial charge in [-0.05, 0) is 48.9 Å². The molecule has 3 aromatic rings. The van der Waals surface area contributed by atoms with Gasteiger partial charge in [-0.1, -0.05) is 28.1 Å². The Bertz CT molecular complexity index is 848. The maximum atomic E-state index is 12.2. The first-order chi connectivity index (χ1) is 11.6. The van der Waals surface area contributed by atoms with Crippen molar-refractivity contribution in [2.24, 2.45) is 0 Å². The van der Waals surface area contributed by atoms with Gasteiger partial charge >= 0.3 is 0 Å². The number of rotatable bonds is 4. The van der Waals surface area contributed by atoms with Crippen LogP contribution in [0.3, 0.4) is 0 Å². The summed E-state index contributed by atoms with van der Waals surface area (Å²) in [4.78, 5) is 20.6. The molecule has 0 radical (unpaired) electrons. The summed E-state index contributed by atoms with van der Waals surface area (Å²) >= 11 is 3.36. The number of anilines is 3. The minimum atomic E-state index is -0.251. The van der Waals surface area contributed by atoms with E-state index in [1.807, 2.05) is 55.5 Å². The molecule has 1 aromatic heterocycles. The number of benzene rings is 2. The van der Waals surface area contributed by atoms with Crippen LogP contribution in [-0.4, -0.2) is 15.9 Å². The molecule has 0 aliphatic heterocycles. The van der Waals surface area contributed by atoms with Gasteiger partial charge in [0.1, 0.15) is 0 Å². The monoisotopic (exact) mass is 382 g/mol. The fourth-order valence-electron chi connectivity index (χ4n) is 2.10. The molecule has 0 aliphatic carbocycles. The number of hydrogen-bond donors (Lipinski definition) is 2. The highest BCUT2D eigenvalue weighted by Crippen LogP contribution is 2.16. The summed E-state index contributed by atoms with van der Waals surface area (Å²) < 4.78 is 0.954. The topological polar surface area (TPSA) is 66.9 Å². The van der Waals surface area contributed by atoms with E-state index in [4.69, 9.17) is 0 Å². The molecule has 0 fully saturated rings. The maximum Gasteiger partial charge on any atom is 0.258 e. The largest absolute Gasteiger partial charge is 0.324 e. The number of nitrogens with one attached hydrogen (secondary N) is 2. The third kappa shape index (κ3) is 4.17. The van der Waals surface area contributed by atoms with E-state index in [9.17, 15) is 4.79 Å². The van der Waals surface area contributed by atoms with Crippen LogP contribution in [0.4, 0.5) is 17.3 Å². The minimum Gasteiger partial charge on any atom is -0.324 e. The SMILES string of the molecule is Cc1cccc(Nc2ncc(C(=O)Nc3ccc(Br)cc3)cn2)c1. The first kappa shape index (κ1) is 16.1. The van der Waals surface area contributed by atoms with Gasteiger partial charge in [0.15, 0.2) is 0 Å². The third-order valence-corrected chi connectivity index (χ3v) is 3.82. The Balaban J connectivity index is 1.67. The van der Waals surface area contributed by atoms with Crippen LogP contribution in [0, 0.1) is 6.92 Å². The number of hydrogen-bond acceptors (Lipinski definition) is 4. The fourth-order valence-corrected chi connectivity index (χ4v) is 2.36. The second kappa shape index (κ2) is 7.23. The number of carbonyl (C=O) groups excluding carboxylic acids is 1. The number of halogens is 1. The van der Waals surface area contributed by atoms with E-state index in [1.54, 1.807) is 0 Å². The number of carbonyl (C=O) groups is 1. The molecule has 2 N–H and O–H groups in total. The molecule has 120 valence electrons. The van der Waals surface area contributed by atoms with Crippen molar-refractivity contribution in [1.29, 1.82) is 0 Å². The molecule has 6 heteroatoms. The van der Waals surface area contributed by atoms with Crippen LogP contribution in [0.15, 0.2) is 65.4 Å². The van der Waals surface area contributed by atoms with Gasteiger partial charge in [-0.15, -0.1) is 0 Å². The van der Waals surface area contributed by atoms with Crippen molar-refractivity contribution in [2.75, 3.05) is 10.6 Å². The standard InChI is InChI=1S/C18H15BrN4O/c1-12-3-2-4-16(9-12)23-18-20-10-13(11-21-18)17(24)22-15-7-5-14(19)6-8-15/h2-11H,1H3,(H,22,24)(H,20,21,23). The number of aryl methyl sites for hydroxylation is 1. The Hall–Kier alpha value is -2.73. The van der Waals surface area contributed by atoms with Gasteiger partial charge in [-0.2, -0.15) is 0 Å². The first-order valence-corrected chi connectivity index (χ1v) is 8.12. The Morgan fingerprint density at radius 2 is 1.71 bits per heavy atom. The Morgan fingerprint density at radius 3 is 2.38 bits per heavy atom. The predicted molar refractivity (Wildman–Crippen MR) is 98.6 cm³/mol. The Labute approximate surface area is 148 Å². The van der Waals surface area contributed by atoms with Crippen molar-refractivity contribution in [1.82, 2.24) is 9.97 Å². The van der Waals surface area contributed by atoms with Crippen molar-refractivity contribution in [2.45, 2.75) is 6.92 Å². The molecule has 3 rings (SSSR count). The maximum absolute atomic E-state index is 12.2. The molecule has 5 nitrogen and oxygen atoms in total. The summed E-state index contributed by atoms with van der Waals surface area (Å²) in [5.74, 6) is 0.195. The average Bonchev–Trinajstić information content (AvgIpc) is 2.57. The Morgan fingerprint density at radius 1 is 1.00 bits per heavy atom. The molecule has 0 aliphatic rings. The van der Waals surface area contributed by atoms with E-state index in [1.165, 1.54) is 12.4 Å². The van der Waals surface area contributed by atoms with Crippen LogP contribution in [0.5, 0.6) is 0 Å². The lowest BCUT2D eigenvalue weighted by Gasteiger charge is -2.07. The molecule has 2 aromatic carbocycles. The first-order valence-electron chi connectivity index (χ1n) is 7.33. The lowest BCUT2D eigenvalue weighted by molar-refractivity contribution is 0.102. The number of nitrogens with zero attached hydrogens (tertiary/aromatic N) is 2. The second-order valence-electron chi connectivity index (χ2n) is 5.25. The number of amides is 1. The van der Waals surface area contributed by atoms with Crippen LogP contribution < -0.4 is 10.6 Å². The summed E-state index contributed by atoms with van der Waals surface area (Å²) in [7, 11) is 0. The van der Waals surface area contributed by atoms with E-state index < -0.39 is 0 Å². The molecule has 24 heavy (non-hydrogen) atoms. The van der Waals surface area contributed by atoms with E-state index in [0.717, 1.165) is 15.7 Å². The lowest BCUT2D eigenvalue weighted by Crippen LogP contribution is -2.13. The third-order valence-electron chi connectivity index (χ3n) is 3.29. The van der Waals surface area contributed by atoms with Gasteiger partial charge in [0.05, 0.1) is 5.56 Å². The van der Waals surface area contributed by atoms with Crippen molar-refractivity contribution >= 4 is 39.2 Å². The summed E-state index contributed by atoms with van der Waals surface area (Å²) in [5, 5.41) is 5.91. The summed E-state index contributed by atoms with van der Waals surface area (Å²) in [6.07, 6.45) is 3.00. The normalized spacial score (nSPS) is 10.2. The molecule has 0 saturated carbocycles. The van der Waals surface area contributed by atoms with Gasteiger partial charge in [0.25, 0.3) is 5.91 Å². The highest BCUT2D eigenvalue weighted by atomic mass is 79.9. The smallest absolute Gasteiger partial charge is 0.258 e. The summed E-state index contributed by atoms with van der Waals surface area (Å²) in [6.45, 7) is 2.02. The van der Waals surface area contributed by atoms with Crippen molar-refractivity contribution in [3.8, 4) is 0 Å². The molecular formula is C18H15BrN4O. The predicted octanol–water partition coefficient (Wildman–Crippen LogP) is 4.54. The fraction of sp³-hybridized carbons (Fsp3) is 0.0556. The zero-order valence-electron chi connectivity index (χ0n) is 13.0. The van der Waals surface area contributed by atoms with Crippen LogP contribution in [0.2, 0.25) is 0 Å². The van der Waals surface area contributed by atoms with Crippen molar-refractivity contribution < 1.29 is 4.79 Å². The molecule has 0 saturated heterocycles. The molecular weight excluding hydrogens is 368 g/mol. The quantitative estimate of drug-likeness (QED) is 0.694. The zero-order chi connectivity index (χ0) is 16.9. The van der Waals surface area contributed by atoms with E-state index in [-0.39, 0.29) is 5.91 Å². The van der Waals surface area contributed by atoms with Gasteiger partial charge in [-0.25, -0.2) is 9.97 Å². The summed E-state index contributed by atoms with van der Waals surface area (Å²) in [5.41, 5.74) is 3.16. The summed E-state index contributed by atoms with van der Waals surface area (Å²) in [6, 6.07) is 15.3. The minimum absolute atomic E-state index is 0.251. The molecule has 0 atom stereocenters. The Kier molecular flexibility index (Phi) is 4.86. The second-order valence-corrected chi connectivity index (χ2v) is 6.17. The van der Waals surface area contributed by atoms with Crippen LogP contribution >= 0.6 is 15.9 Å². The van der Waals surface area contributed by atoms with Crippen molar-refractivity contribution in [3.63, 3.8) is 0 Å². The van der Waals surface area contributed by atoms with Gasteiger partial charge in [0, 0.05) is 28.2 Å². The average molecular weight is 383 g/mol. The number of aromatic nitrogens is 2. The van der Waals surface area contributed by atoms with E-state index >= 15 is 0 Å². The lowest BCUT2D eigenvalue weighted by atomic mass is 10.2. The van der Waals surface area contributed by atoms with Crippen molar-refractivity contribution in [3.05, 3.63) is 76.5 Å². The molecule has 0 unspecified atom stereocenters. The van der Waals surface area contributed by atoms with Crippen LogP contribution in [0.1, 0.15) is 15.9 Å². The van der Waals surface area contributed by atoms with Crippen LogP contribution in [0.25, 0.3) is 0 Å². The molecule has 0 bridgehead atoms. The molecule has 1 amide bonds. The van der Waals surface area contributed by atoms with E-state index in [2.05, 4.69) is 36.5 Å². The molecule has 0 spiro atoms. The molecule has 1 heterocycles. The zero-order valence-corrected chi connectivity index (χ0v) is 14.5. The van der Waals surface area contributed by atoms with Gasteiger partial charge in [-0.3, -0.25) is 4.79 Å². The van der Waals surface area contributed by atoms with E-state index in [0.29, 0.717) is 17.2 Å². The highest BCUT2D eigenvalue weighted by Gasteiger charge is 2.08. The van der Waals surface area contributed by atoms with Gasteiger partial charge < -0.3 is 10.6 Å².